The minimum Gasteiger partial charge on any atom is -0.392 e. The maximum absolute atomic E-state index is 13.6. The van der Waals surface area contributed by atoms with E-state index in [9.17, 15) is 9.50 Å². The number of para-hydroxylation sites is 1. The van der Waals surface area contributed by atoms with Gasteiger partial charge in [0.05, 0.1) is 6.61 Å². The quantitative estimate of drug-likeness (QED) is 0.902. The molecule has 0 amide bonds. The van der Waals surface area contributed by atoms with Crippen molar-refractivity contribution < 1.29 is 9.50 Å². The number of hydrogen-bond donors (Lipinski definition) is 2. The van der Waals surface area contributed by atoms with Gasteiger partial charge in [-0.25, -0.2) is 4.39 Å². The Morgan fingerprint density at radius 1 is 1.11 bits per heavy atom. The zero-order valence-corrected chi connectivity index (χ0v) is 11.2. The van der Waals surface area contributed by atoms with Crippen LogP contribution in [0.1, 0.15) is 11.1 Å². The Bertz CT molecular complexity index is 545. The summed E-state index contributed by atoms with van der Waals surface area (Å²) in [5, 5.41) is 12.3. The number of aliphatic hydroxyl groups is 1. The molecular formula is C14H13BrFNO. The Hall–Kier alpha value is -1.39. The van der Waals surface area contributed by atoms with Gasteiger partial charge in [0.15, 0.2) is 0 Å². The van der Waals surface area contributed by atoms with Crippen molar-refractivity contribution in [2.45, 2.75) is 13.2 Å². The van der Waals surface area contributed by atoms with E-state index in [1.54, 1.807) is 12.1 Å². The maximum Gasteiger partial charge on any atom is 0.129 e. The number of benzene rings is 2. The lowest BCUT2D eigenvalue weighted by atomic mass is 10.1. The Kier molecular flexibility index (Phi) is 4.33. The normalized spacial score (nSPS) is 10.4. The van der Waals surface area contributed by atoms with E-state index in [-0.39, 0.29) is 12.4 Å². The monoisotopic (exact) mass is 309 g/mol. The Balaban J connectivity index is 2.11. The lowest BCUT2D eigenvalue weighted by molar-refractivity contribution is 0.282. The Labute approximate surface area is 114 Å². The van der Waals surface area contributed by atoms with E-state index in [0.717, 1.165) is 15.7 Å². The summed E-state index contributed by atoms with van der Waals surface area (Å²) in [7, 11) is 0. The van der Waals surface area contributed by atoms with Crippen molar-refractivity contribution in [1.82, 2.24) is 0 Å². The second-order valence-corrected chi connectivity index (χ2v) is 4.82. The Morgan fingerprint density at radius 2 is 1.89 bits per heavy atom. The van der Waals surface area contributed by atoms with Crippen molar-refractivity contribution in [3.8, 4) is 0 Å². The highest BCUT2D eigenvalue weighted by Gasteiger charge is 2.04. The molecule has 2 aromatic carbocycles. The minimum absolute atomic E-state index is 0.0357. The van der Waals surface area contributed by atoms with E-state index >= 15 is 0 Å². The fourth-order valence-electron chi connectivity index (χ4n) is 1.69. The van der Waals surface area contributed by atoms with Gasteiger partial charge in [-0.15, -0.1) is 0 Å². The first-order valence-corrected chi connectivity index (χ1v) is 6.36. The highest BCUT2D eigenvalue weighted by atomic mass is 79.9. The first kappa shape index (κ1) is 13.1. The van der Waals surface area contributed by atoms with Crippen molar-refractivity contribution in [3.05, 3.63) is 63.9 Å². The zero-order valence-electron chi connectivity index (χ0n) is 9.66. The molecule has 4 heteroatoms. The number of hydrogen-bond acceptors (Lipinski definition) is 2. The minimum atomic E-state index is -0.252. The molecule has 0 saturated carbocycles. The molecule has 0 radical (unpaired) electrons. The molecule has 0 heterocycles. The summed E-state index contributed by atoms with van der Waals surface area (Å²) < 4.78 is 14.3. The molecule has 0 aliphatic rings. The van der Waals surface area contributed by atoms with Crippen LogP contribution >= 0.6 is 15.9 Å². The van der Waals surface area contributed by atoms with Gasteiger partial charge in [0.25, 0.3) is 0 Å². The lowest BCUT2D eigenvalue weighted by Crippen LogP contribution is -2.04. The largest absolute Gasteiger partial charge is 0.392 e. The van der Waals surface area contributed by atoms with Crippen molar-refractivity contribution in [2.75, 3.05) is 5.32 Å². The summed E-state index contributed by atoms with van der Waals surface area (Å²) in [5.41, 5.74) is 2.21. The van der Waals surface area contributed by atoms with Crippen LogP contribution in [0.3, 0.4) is 0 Å². The van der Waals surface area contributed by atoms with Crippen LogP contribution in [0.4, 0.5) is 10.1 Å². The van der Waals surface area contributed by atoms with Crippen LogP contribution in [0.15, 0.2) is 46.9 Å². The number of halogens is 2. The van der Waals surface area contributed by atoms with Crippen LogP contribution < -0.4 is 5.32 Å². The number of aliphatic hydroxyl groups excluding tert-OH is 1. The molecule has 2 rings (SSSR count). The fraction of sp³-hybridized carbons (Fsp3) is 0.143. The van der Waals surface area contributed by atoms with Crippen LogP contribution in [0.25, 0.3) is 0 Å². The van der Waals surface area contributed by atoms with Crippen LogP contribution in [0.5, 0.6) is 0 Å². The summed E-state index contributed by atoms with van der Waals surface area (Å²) in [6.45, 7) is 0.349. The van der Waals surface area contributed by atoms with E-state index < -0.39 is 0 Å². The predicted octanol–water partition coefficient (Wildman–Crippen LogP) is 3.69. The predicted molar refractivity (Wildman–Crippen MR) is 73.8 cm³/mol. The molecule has 2 N–H and O–H groups in total. The third-order valence-electron chi connectivity index (χ3n) is 2.67. The molecule has 0 atom stereocenters. The number of rotatable bonds is 4. The topological polar surface area (TPSA) is 32.3 Å². The molecule has 0 saturated heterocycles. The third-order valence-corrected chi connectivity index (χ3v) is 3.17. The van der Waals surface area contributed by atoms with E-state index in [1.807, 2.05) is 24.3 Å². The smallest absolute Gasteiger partial charge is 0.129 e. The Morgan fingerprint density at radius 3 is 2.61 bits per heavy atom. The SMILES string of the molecule is OCc1ccccc1NCc1ccc(Br)cc1F. The molecule has 0 unspecified atom stereocenters. The molecule has 0 fully saturated rings. The van der Waals surface area contributed by atoms with Crippen molar-refractivity contribution >= 4 is 21.6 Å². The van der Waals surface area contributed by atoms with Gasteiger partial charge in [0.2, 0.25) is 0 Å². The van der Waals surface area contributed by atoms with Crippen LogP contribution in [-0.2, 0) is 13.2 Å². The highest BCUT2D eigenvalue weighted by Crippen LogP contribution is 2.19. The molecule has 94 valence electrons. The zero-order chi connectivity index (χ0) is 13.0. The van der Waals surface area contributed by atoms with Gasteiger partial charge in [0, 0.05) is 27.8 Å². The average Bonchev–Trinajstić information content (AvgIpc) is 2.38. The molecule has 0 bridgehead atoms. The van der Waals surface area contributed by atoms with Gasteiger partial charge in [-0.3, -0.25) is 0 Å². The molecule has 0 aliphatic heterocycles. The fourth-order valence-corrected chi connectivity index (χ4v) is 2.02. The third kappa shape index (κ3) is 3.09. The summed E-state index contributed by atoms with van der Waals surface area (Å²) in [4.78, 5) is 0. The molecule has 2 aromatic rings. The van der Waals surface area contributed by atoms with Crippen LogP contribution in [0.2, 0.25) is 0 Å². The second kappa shape index (κ2) is 5.98. The molecule has 0 aliphatic carbocycles. The van der Waals surface area contributed by atoms with Gasteiger partial charge in [0.1, 0.15) is 5.82 Å². The van der Waals surface area contributed by atoms with Crippen molar-refractivity contribution in [3.63, 3.8) is 0 Å². The van der Waals surface area contributed by atoms with E-state index in [1.165, 1.54) is 6.07 Å². The second-order valence-electron chi connectivity index (χ2n) is 3.90. The van der Waals surface area contributed by atoms with Crippen molar-refractivity contribution in [1.29, 1.82) is 0 Å². The summed E-state index contributed by atoms with van der Waals surface area (Å²) in [5.74, 6) is -0.252. The van der Waals surface area contributed by atoms with Crippen molar-refractivity contribution in [2.24, 2.45) is 0 Å². The van der Waals surface area contributed by atoms with E-state index in [0.29, 0.717) is 12.1 Å². The standard InChI is InChI=1S/C14H13BrFNO/c15-12-6-5-10(13(16)7-12)8-17-14-4-2-1-3-11(14)9-18/h1-7,17-18H,8-9H2. The molecule has 0 aromatic heterocycles. The van der Waals surface area contributed by atoms with Gasteiger partial charge in [-0.05, 0) is 18.2 Å². The van der Waals surface area contributed by atoms with E-state index in [2.05, 4.69) is 21.2 Å². The molecule has 2 nitrogen and oxygen atoms in total. The summed E-state index contributed by atoms with van der Waals surface area (Å²) >= 11 is 3.22. The lowest BCUT2D eigenvalue weighted by Gasteiger charge is -2.11. The number of anilines is 1. The number of nitrogens with one attached hydrogen (secondary N) is 1. The highest BCUT2D eigenvalue weighted by molar-refractivity contribution is 9.10. The van der Waals surface area contributed by atoms with Gasteiger partial charge in [-0.2, -0.15) is 0 Å². The van der Waals surface area contributed by atoms with Crippen LogP contribution in [-0.4, -0.2) is 5.11 Å². The van der Waals surface area contributed by atoms with Gasteiger partial charge in [-0.1, -0.05) is 40.2 Å². The molecule has 0 spiro atoms. The molecule has 18 heavy (non-hydrogen) atoms. The maximum atomic E-state index is 13.6. The first-order chi connectivity index (χ1) is 8.70. The first-order valence-electron chi connectivity index (χ1n) is 5.57. The van der Waals surface area contributed by atoms with Crippen LogP contribution in [0, 0.1) is 5.82 Å². The van der Waals surface area contributed by atoms with Gasteiger partial charge < -0.3 is 10.4 Å². The average molecular weight is 310 g/mol. The summed E-state index contributed by atoms with van der Waals surface area (Å²) in [6, 6.07) is 12.4. The van der Waals surface area contributed by atoms with Gasteiger partial charge >= 0.3 is 0 Å². The molecular weight excluding hydrogens is 297 g/mol. The summed E-state index contributed by atoms with van der Waals surface area (Å²) in [6.07, 6.45) is 0. The van der Waals surface area contributed by atoms with E-state index in [4.69, 9.17) is 0 Å².